The van der Waals surface area contributed by atoms with E-state index >= 15 is 0 Å². The van der Waals surface area contributed by atoms with Crippen LogP contribution < -0.4 is 5.32 Å². The normalized spacial score (nSPS) is 12.3. The minimum atomic E-state index is 0.303. The van der Waals surface area contributed by atoms with E-state index in [4.69, 9.17) is 0 Å². The molecule has 0 aliphatic rings. The van der Waals surface area contributed by atoms with Crippen LogP contribution >= 0.6 is 0 Å². The highest BCUT2D eigenvalue weighted by Gasteiger charge is 2.05. The Bertz CT molecular complexity index is 713. The van der Waals surface area contributed by atoms with Crippen molar-refractivity contribution in [3.63, 3.8) is 0 Å². The lowest BCUT2D eigenvalue weighted by Gasteiger charge is -2.16. The van der Waals surface area contributed by atoms with Crippen LogP contribution in [0.1, 0.15) is 24.1 Å². The average Bonchev–Trinajstić information content (AvgIpc) is 2.48. The highest BCUT2D eigenvalue weighted by molar-refractivity contribution is 5.85. The van der Waals surface area contributed by atoms with Crippen molar-refractivity contribution >= 4 is 16.5 Å². The summed E-state index contributed by atoms with van der Waals surface area (Å²) in [6.45, 7) is 4.31. The van der Waals surface area contributed by atoms with Gasteiger partial charge >= 0.3 is 0 Å². The van der Waals surface area contributed by atoms with Crippen LogP contribution in [0.3, 0.4) is 0 Å². The van der Waals surface area contributed by atoms with E-state index in [0.717, 1.165) is 5.69 Å². The molecule has 0 aliphatic carbocycles. The van der Waals surface area contributed by atoms with Crippen LogP contribution in [0.4, 0.5) is 5.69 Å². The standard InChI is InChI=1S/C19H19N/c1-14-7-9-16(10-8-14)15(2)20-19-12-11-17-5-3-4-6-18(17)13-19/h3-13,15,20H,1-2H3. The Labute approximate surface area is 120 Å². The van der Waals surface area contributed by atoms with Crippen LogP contribution in [0.25, 0.3) is 10.8 Å². The summed E-state index contributed by atoms with van der Waals surface area (Å²) >= 11 is 0. The van der Waals surface area contributed by atoms with Gasteiger partial charge in [0.1, 0.15) is 0 Å². The fraction of sp³-hybridized carbons (Fsp3) is 0.158. The number of hydrogen-bond donors (Lipinski definition) is 1. The van der Waals surface area contributed by atoms with E-state index in [1.807, 2.05) is 0 Å². The molecule has 3 aromatic carbocycles. The molecule has 0 aromatic heterocycles. The van der Waals surface area contributed by atoms with Crippen LogP contribution in [0.15, 0.2) is 66.7 Å². The molecule has 0 fully saturated rings. The number of hydrogen-bond acceptors (Lipinski definition) is 1. The molecule has 0 saturated heterocycles. The topological polar surface area (TPSA) is 12.0 Å². The summed E-state index contributed by atoms with van der Waals surface area (Å²) < 4.78 is 0. The highest BCUT2D eigenvalue weighted by atomic mass is 14.9. The Balaban J connectivity index is 1.83. The maximum absolute atomic E-state index is 3.57. The largest absolute Gasteiger partial charge is 0.379 e. The zero-order valence-corrected chi connectivity index (χ0v) is 11.9. The van der Waals surface area contributed by atoms with Gasteiger partial charge in [-0.1, -0.05) is 60.2 Å². The third kappa shape index (κ3) is 2.67. The number of rotatable bonds is 3. The van der Waals surface area contributed by atoms with E-state index < -0.39 is 0 Å². The maximum atomic E-state index is 3.57. The van der Waals surface area contributed by atoms with E-state index in [0.29, 0.717) is 6.04 Å². The van der Waals surface area contributed by atoms with Crippen LogP contribution in [-0.2, 0) is 0 Å². The molecule has 0 radical (unpaired) electrons. The summed E-state index contributed by atoms with van der Waals surface area (Å²) in [4.78, 5) is 0. The molecular formula is C19H19N. The number of benzene rings is 3. The fourth-order valence-electron chi connectivity index (χ4n) is 2.47. The fourth-order valence-corrected chi connectivity index (χ4v) is 2.47. The smallest absolute Gasteiger partial charge is 0.0485 e. The van der Waals surface area contributed by atoms with Crippen molar-refractivity contribution in [3.8, 4) is 0 Å². The molecule has 1 atom stereocenters. The Hall–Kier alpha value is -2.28. The van der Waals surface area contributed by atoms with Crippen molar-refractivity contribution < 1.29 is 0 Å². The zero-order valence-electron chi connectivity index (χ0n) is 11.9. The van der Waals surface area contributed by atoms with Gasteiger partial charge in [-0.05, 0) is 42.3 Å². The van der Waals surface area contributed by atoms with Gasteiger partial charge in [0.2, 0.25) is 0 Å². The SMILES string of the molecule is Cc1ccc(C(C)Nc2ccc3ccccc3c2)cc1. The van der Waals surface area contributed by atoms with E-state index in [-0.39, 0.29) is 0 Å². The average molecular weight is 261 g/mol. The molecule has 1 heteroatoms. The number of aryl methyl sites for hydroxylation is 1. The molecule has 20 heavy (non-hydrogen) atoms. The van der Waals surface area contributed by atoms with E-state index in [9.17, 15) is 0 Å². The first kappa shape index (κ1) is 12.7. The number of fused-ring (bicyclic) bond motifs is 1. The molecule has 0 spiro atoms. The minimum Gasteiger partial charge on any atom is -0.379 e. The molecule has 0 amide bonds. The Morgan fingerprint density at radius 2 is 1.50 bits per heavy atom. The monoisotopic (exact) mass is 261 g/mol. The lowest BCUT2D eigenvalue weighted by molar-refractivity contribution is 0.884. The van der Waals surface area contributed by atoms with Crippen molar-refractivity contribution in [2.24, 2.45) is 0 Å². The summed E-state index contributed by atoms with van der Waals surface area (Å²) in [6, 6.07) is 24.0. The first-order valence-electron chi connectivity index (χ1n) is 7.04. The van der Waals surface area contributed by atoms with Crippen molar-refractivity contribution in [1.82, 2.24) is 0 Å². The van der Waals surface area contributed by atoms with E-state index in [1.54, 1.807) is 0 Å². The molecule has 1 unspecified atom stereocenters. The molecule has 0 aliphatic heterocycles. The van der Waals surface area contributed by atoms with Crippen molar-refractivity contribution in [3.05, 3.63) is 77.9 Å². The van der Waals surface area contributed by atoms with Gasteiger partial charge < -0.3 is 5.32 Å². The van der Waals surface area contributed by atoms with Gasteiger partial charge in [0.05, 0.1) is 0 Å². The Morgan fingerprint density at radius 1 is 0.800 bits per heavy atom. The predicted octanol–water partition coefficient (Wildman–Crippen LogP) is 5.32. The van der Waals surface area contributed by atoms with Gasteiger partial charge in [0, 0.05) is 11.7 Å². The minimum absolute atomic E-state index is 0.303. The van der Waals surface area contributed by atoms with Gasteiger partial charge in [-0.2, -0.15) is 0 Å². The van der Waals surface area contributed by atoms with Gasteiger partial charge in [0.15, 0.2) is 0 Å². The second-order valence-electron chi connectivity index (χ2n) is 5.34. The first-order valence-corrected chi connectivity index (χ1v) is 7.04. The summed E-state index contributed by atoms with van der Waals surface area (Å²) in [5, 5.41) is 6.12. The Morgan fingerprint density at radius 3 is 2.25 bits per heavy atom. The molecule has 0 saturated carbocycles. The molecule has 3 aromatic rings. The summed E-state index contributed by atoms with van der Waals surface area (Å²) in [6.07, 6.45) is 0. The van der Waals surface area contributed by atoms with Crippen LogP contribution in [0.2, 0.25) is 0 Å². The van der Waals surface area contributed by atoms with Crippen molar-refractivity contribution in [2.75, 3.05) is 5.32 Å². The van der Waals surface area contributed by atoms with Gasteiger partial charge in [-0.25, -0.2) is 0 Å². The molecule has 1 N–H and O–H groups in total. The van der Waals surface area contributed by atoms with Crippen molar-refractivity contribution in [1.29, 1.82) is 0 Å². The second kappa shape index (κ2) is 5.38. The highest BCUT2D eigenvalue weighted by Crippen LogP contribution is 2.23. The molecule has 1 nitrogen and oxygen atoms in total. The molecule has 3 rings (SSSR count). The Kier molecular flexibility index (Phi) is 3.42. The molecule has 0 heterocycles. The van der Waals surface area contributed by atoms with Gasteiger partial charge in [-0.15, -0.1) is 0 Å². The molecular weight excluding hydrogens is 242 g/mol. The van der Waals surface area contributed by atoms with E-state index in [2.05, 4.69) is 85.9 Å². The third-order valence-corrected chi connectivity index (χ3v) is 3.71. The second-order valence-corrected chi connectivity index (χ2v) is 5.34. The van der Waals surface area contributed by atoms with Gasteiger partial charge in [0.25, 0.3) is 0 Å². The van der Waals surface area contributed by atoms with E-state index in [1.165, 1.54) is 21.9 Å². The number of nitrogens with one attached hydrogen (secondary N) is 1. The maximum Gasteiger partial charge on any atom is 0.0485 e. The molecule has 100 valence electrons. The quantitative estimate of drug-likeness (QED) is 0.672. The summed E-state index contributed by atoms with van der Waals surface area (Å²) in [5.41, 5.74) is 3.77. The van der Waals surface area contributed by atoms with Crippen LogP contribution in [0.5, 0.6) is 0 Å². The summed E-state index contributed by atoms with van der Waals surface area (Å²) in [5.74, 6) is 0. The van der Waals surface area contributed by atoms with Crippen LogP contribution in [-0.4, -0.2) is 0 Å². The predicted molar refractivity (Wildman–Crippen MR) is 87.2 cm³/mol. The lowest BCUT2D eigenvalue weighted by atomic mass is 10.1. The number of anilines is 1. The first-order chi connectivity index (χ1) is 9.72. The summed E-state index contributed by atoms with van der Waals surface area (Å²) in [7, 11) is 0. The lowest BCUT2D eigenvalue weighted by Crippen LogP contribution is -2.06. The van der Waals surface area contributed by atoms with Gasteiger partial charge in [-0.3, -0.25) is 0 Å². The zero-order chi connectivity index (χ0) is 13.9. The van der Waals surface area contributed by atoms with Crippen LogP contribution in [0, 0.1) is 6.92 Å². The third-order valence-electron chi connectivity index (χ3n) is 3.71. The van der Waals surface area contributed by atoms with Crippen molar-refractivity contribution in [2.45, 2.75) is 19.9 Å². The molecule has 0 bridgehead atoms.